The van der Waals surface area contributed by atoms with Crippen molar-refractivity contribution in [2.45, 2.75) is 78.1 Å². The standard InChI is InChI=1S/C19H33NO/c1-18(2)8-6-7-16(17(18)21)15-20-13-11-19(12-14-20)9-4-3-5-10-19/h16H,3-15H2,1-2H3. The summed E-state index contributed by atoms with van der Waals surface area (Å²) in [6.45, 7) is 7.82. The lowest BCUT2D eigenvalue weighted by molar-refractivity contribution is -0.135. The highest BCUT2D eigenvalue weighted by Crippen LogP contribution is 2.45. The van der Waals surface area contributed by atoms with E-state index in [1.165, 1.54) is 64.5 Å². The number of carbonyl (C=O) groups excluding carboxylic acids is 1. The SMILES string of the molecule is CC1(C)CCCC(CN2CCC3(CCCCC3)CC2)C1=O. The van der Waals surface area contributed by atoms with E-state index in [-0.39, 0.29) is 5.41 Å². The van der Waals surface area contributed by atoms with Crippen LogP contribution >= 0.6 is 0 Å². The number of ketones is 1. The third kappa shape index (κ3) is 3.36. The molecule has 0 aromatic heterocycles. The molecule has 1 unspecified atom stereocenters. The van der Waals surface area contributed by atoms with Crippen LogP contribution in [0.4, 0.5) is 0 Å². The molecule has 1 saturated heterocycles. The highest BCUT2D eigenvalue weighted by Gasteiger charge is 2.40. The molecule has 1 heterocycles. The Hall–Kier alpha value is -0.370. The highest BCUT2D eigenvalue weighted by molar-refractivity contribution is 5.87. The molecular weight excluding hydrogens is 258 g/mol. The molecule has 0 bridgehead atoms. The van der Waals surface area contributed by atoms with Crippen LogP contribution in [-0.4, -0.2) is 30.3 Å². The van der Waals surface area contributed by atoms with Gasteiger partial charge in [-0.1, -0.05) is 39.5 Å². The topological polar surface area (TPSA) is 20.3 Å². The van der Waals surface area contributed by atoms with E-state index in [0.717, 1.165) is 19.4 Å². The fourth-order valence-electron chi connectivity index (χ4n) is 5.09. The molecule has 3 aliphatic rings. The molecule has 1 spiro atoms. The molecule has 3 fully saturated rings. The van der Waals surface area contributed by atoms with Gasteiger partial charge in [-0.2, -0.15) is 0 Å². The van der Waals surface area contributed by atoms with Crippen LogP contribution in [-0.2, 0) is 4.79 Å². The van der Waals surface area contributed by atoms with Crippen LogP contribution in [0.3, 0.4) is 0 Å². The van der Waals surface area contributed by atoms with Gasteiger partial charge in [0, 0.05) is 17.9 Å². The van der Waals surface area contributed by atoms with Gasteiger partial charge in [0.25, 0.3) is 0 Å². The number of carbonyl (C=O) groups is 1. The van der Waals surface area contributed by atoms with Crippen LogP contribution in [0.15, 0.2) is 0 Å². The van der Waals surface area contributed by atoms with Gasteiger partial charge in [0.05, 0.1) is 0 Å². The van der Waals surface area contributed by atoms with Crippen LogP contribution in [0.2, 0.25) is 0 Å². The van der Waals surface area contributed by atoms with E-state index in [4.69, 9.17) is 0 Å². The molecule has 2 aliphatic carbocycles. The number of hydrogen-bond donors (Lipinski definition) is 0. The molecular formula is C19H33NO. The van der Waals surface area contributed by atoms with E-state index in [1.54, 1.807) is 0 Å². The Balaban J connectivity index is 1.52. The fraction of sp³-hybridized carbons (Fsp3) is 0.947. The average molecular weight is 291 g/mol. The first-order chi connectivity index (χ1) is 10.0. The van der Waals surface area contributed by atoms with Gasteiger partial charge in [0.15, 0.2) is 0 Å². The monoisotopic (exact) mass is 291 g/mol. The van der Waals surface area contributed by atoms with E-state index < -0.39 is 0 Å². The van der Waals surface area contributed by atoms with E-state index in [2.05, 4.69) is 18.7 Å². The van der Waals surface area contributed by atoms with E-state index in [0.29, 0.717) is 17.1 Å². The Morgan fingerprint density at radius 2 is 1.62 bits per heavy atom. The van der Waals surface area contributed by atoms with Crippen molar-refractivity contribution in [2.24, 2.45) is 16.7 Å². The summed E-state index contributed by atoms with van der Waals surface area (Å²) < 4.78 is 0. The lowest BCUT2D eigenvalue weighted by Crippen LogP contribution is -2.46. The van der Waals surface area contributed by atoms with Crippen LogP contribution in [0.25, 0.3) is 0 Å². The first-order valence-corrected chi connectivity index (χ1v) is 9.28. The van der Waals surface area contributed by atoms with Crippen molar-refractivity contribution in [3.8, 4) is 0 Å². The second-order valence-electron chi connectivity index (χ2n) is 8.70. The molecule has 0 radical (unpaired) electrons. The number of Topliss-reactive ketones (excluding diaryl/α,β-unsaturated/α-hetero) is 1. The van der Waals surface area contributed by atoms with E-state index in [1.807, 2.05) is 0 Å². The Labute approximate surface area is 130 Å². The van der Waals surface area contributed by atoms with Crippen LogP contribution < -0.4 is 0 Å². The molecule has 2 saturated carbocycles. The van der Waals surface area contributed by atoms with Gasteiger partial charge in [-0.3, -0.25) is 4.79 Å². The minimum absolute atomic E-state index is 0.0662. The quantitative estimate of drug-likeness (QED) is 0.750. The molecule has 2 heteroatoms. The highest BCUT2D eigenvalue weighted by atomic mass is 16.1. The largest absolute Gasteiger partial charge is 0.303 e. The first kappa shape index (κ1) is 15.5. The van der Waals surface area contributed by atoms with Gasteiger partial charge in [0.1, 0.15) is 5.78 Å². The summed E-state index contributed by atoms with van der Waals surface area (Å²) in [4.78, 5) is 15.2. The summed E-state index contributed by atoms with van der Waals surface area (Å²) in [6.07, 6.45) is 13.5. The van der Waals surface area contributed by atoms with Gasteiger partial charge in [-0.15, -0.1) is 0 Å². The number of likely N-dealkylation sites (tertiary alicyclic amines) is 1. The third-order valence-electron chi connectivity index (χ3n) is 6.70. The molecule has 0 aromatic rings. The summed E-state index contributed by atoms with van der Waals surface area (Å²) in [6, 6.07) is 0. The van der Waals surface area contributed by atoms with Crippen molar-refractivity contribution in [1.82, 2.24) is 4.90 Å². The van der Waals surface area contributed by atoms with Crippen molar-refractivity contribution < 1.29 is 4.79 Å². The van der Waals surface area contributed by atoms with Gasteiger partial charge in [-0.05, 0) is 57.0 Å². The minimum Gasteiger partial charge on any atom is -0.303 e. The van der Waals surface area contributed by atoms with Crippen LogP contribution in [0.1, 0.15) is 78.1 Å². The second-order valence-corrected chi connectivity index (χ2v) is 8.70. The Morgan fingerprint density at radius 3 is 2.29 bits per heavy atom. The summed E-state index contributed by atoms with van der Waals surface area (Å²) in [5, 5.41) is 0. The van der Waals surface area contributed by atoms with Gasteiger partial charge < -0.3 is 4.90 Å². The zero-order chi connectivity index (χ0) is 14.9. The Bertz CT molecular complexity index is 371. The van der Waals surface area contributed by atoms with Crippen LogP contribution in [0, 0.1) is 16.7 Å². The predicted octanol–water partition coefficient (Wildman–Crippen LogP) is 4.43. The Morgan fingerprint density at radius 1 is 0.952 bits per heavy atom. The van der Waals surface area contributed by atoms with Crippen molar-refractivity contribution in [3.63, 3.8) is 0 Å². The second kappa shape index (κ2) is 6.02. The minimum atomic E-state index is -0.0662. The molecule has 1 atom stereocenters. The molecule has 3 rings (SSSR count). The lowest BCUT2D eigenvalue weighted by Gasteiger charge is -2.45. The van der Waals surface area contributed by atoms with Crippen molar-refractivity contribution >= 4 is 5.78 Å². The average Bonchev–Trinajstić information content (AvgIpc) is 2.47. The van der Waals surface area contributed by atoms with Gasteiger partial charge >= 0.3 is 0 Å². The van der Waals surface area contributed by atoms with Crippen molar-refractivity contribution in [2.75, 3.05) is 19.6 Å². The van der Waals surface area contributed by atoms with Gasteiger partial charge in [0.2, 0.25) is 0 Å². The van der Waals surface area contributed by atoms with Crippen molar-refractivity contribution in [3.05, 3.63) is 0 Å². The summed E-state index contributed by atoms with van der Waals surface area (Å²) in [5.41, 5.74) is 0.619. The maximum absolute atomic E-state index is 12.6. The normalized spacial score (nSPS) is 33.2. The lowest BCUT2D eigenvalue weighted by atomic mass is 9.67. The number of rotatable bonds is 2. The molecule has 0 amide bonds. The summed E-state index contributed by atoms with van der Waals surface area (Å²) >= 11 is 0. The van der Waals surface area contributed by atoms with Crippen molar-refractivity contribution in [1.29, 1.82) is 0 Å². The maximum atomic E-state index is 12.6. The zero-order valence-corrected chi connectivity index (χ0v) is 14.1. The smallest absolute Gasteiger partial charge is 0.142 e. The molecule has 1 aliphatic heterocycles. The molecule has 0 N–H and O–H groups in total. The summed E-state index contributed by atoms with van der Waals surface area (Å²) in [7, 11) is 0. The zero-order valence-electron chi connectivity index (χ0n) is 14.1. The van der Waals surface area contributed by atoms with E-state index >= 15 is 0 Å². The molecule has 0 aromatic carbocycles. The first-order valence-electron chi connectivity index (χ1n) is 9.28. The number of hydrogen-bond acceptors (Lipinski definition) is 2. The molecule has 21 heavy (non-hydrogen) atoms. The maximum Gasteiger partial charge on any atom is 0.142 e. The summed E-state index contributed by atoms with van der Waals surface area (Å²) in [5.74, 6) is 0.848. The molecule has 2 nitrogen and oxygen atoms in total. The fourth-order valence-corrected chi connectivity index (χ4v) is 5.09. The Kier molecular flexibility index (Phi) is 4.45. The van der Waals surface area contributed by atoms with Crippen LogP contribution in [0.5, 0.6) is 0 Å². The van der Waals surface area contributed by atoms with Gasteiger partial charge in [-0.25, -0.2) is 0 Å². The van der Waals surface area contributed by atoms with E-state index in [9.17, 15) is 4.79 Å². The number of nitrogens with zero attached hydrogens (tertiary/aromatic N) is 1. The molecule has 120 valence electrons. The number of piperidine rings is 1. The predicted molar refractivity (Wildman–Crippen MR) is 87.3 cm³/mol. The third-order valence-corrected chi connectivity index (χ3v) is 6.70.